The van der Waals surface area contributed by atoms with Crippen LogP contribution in [0.5, 0.6) is 0 Å². The maximum Gasteiger partial charge on any atom is 0.356 e. The van der Waals surface area contributed by atoms with E-state index in [-0.39, 0.29) is 23.6 Å². The highest BCUT2D eigenvalue weighted by atomic mass is 19.2. The Kier molecular flexibility index (Phi) is 3.55. The van der Waals surface area contributed by atoms with Gasteiger partial charge in [-0.15, -0.1) is 0 Å². The maximum absolute atomic E-state index is 13.1. The molecule has 2 rings (SSSR count). The van der Waals surface area contributed by atoms with Crippen LogP contribution in [0.25, 0.3) is 11.3 Å². The first kappa shape index (κ1) is 13.1. The average molecular weight is 270 g/mol. The van der Waals surface area contributed by atoms with Crippen LogP contribution >= 0.6 is 0 Å². The molecule has 4 nitrogen and oxygen atoms in total. The van der Waals surface area contributed by atoms with E-state index in [1.807, 2.05) is 0 Å². The van der Waals surface area contributed by atoms with E-state index in [0.717, 1.165) is 12.1 Å². The molecule has 0 bridgehead atoms. The number of ether oxygens (including phenoxy) is 1. The van der Waals surface area contributed by atoms with Crippen molar-refractivity contribution < 1.29 is 22.7 Å². The summed E-state index contributed by atoms with van der Waals surface area (Å²) in [7, 11) is 0. The molecule has 7 heteroatoms. The lowest BCUT2D eigenvalue weighted by Gasteiger charge is -1.99. The third-order valence-corrected chi connectivity index (χ3v) is 2.35. The molecule has 1 N–H and O–H groups in total. The molecule has 1 heterocycles. The Morgan fingerprint density at radius 1 is 1.26 bits per heavy atom. The van der Waals surface area contributed by atoms with Gasteiger partial charge in [-0.1, -0.05) is 0 Å². The SMILES string of the molecule is CCOC(=O)c1cc(-c2cc(F)c(F)c(F)c2)n[nH]1. The van der Waals surface area contributed by atoms with Crippen LogP contribution in [0.3, 0.4) is 0 Å². The van der Waals surface area contributed by atoms with Gasteiger partial charge in [0.05, 0.1) is 12.3 Å². The second-order valence-electron chi connectivity index (χ2n) is 3.64. The molecule has 1 aromatic carbocycles. The van der Waals surface area contributed by atoms with E-state index in [0.29, 0.717) is 0 Å². The molecule has 0 amide bonds. The fourth-order valence-electron chi connectivity index (χ4n) is 1.49. The zero-order valence-corrected chi connectivity index (χ0v) is 9.84. The predicted octanol–water partition coefficient (Wildman–Crippen LogP) is 2.67. The molecule has 2 aromatic rings. The van der Waals surface area contributed by atoms with Crippen molar-refractivity contribution in [2.24, 2.45) is 0 Å². The van der Waals surface area contributed by atoms with Crippen LogP contribution in [-0.2, 0) is 4.74 Å². The maximum atomic E-state index is 13.1. The van der Waals surface area contributed by atoms with Crippen LogP contribution in [-0.4, -0.2) is 22.8 Å². The van der Waals surface area contributed by atoms with Crippen molar-refractivity contribution >= 4 is 5.97 Å². The molecule has 0 unspecified atom stereocenters. The lowest BCUT2D eigenvalue weighted by atomic mass is 10.1. The first-order valence-electron chi connectivity index (χ1n) is 5.40. The Labute approximate surface area is 106 Å². The first-order valence-corrected chi connectivity index (χ1v) is 5.40. The summed E-state index contributed by atoms with van der Waals surface area (Å²) in [6.45, 7) is 1.83. The second-order valence-corrected chi connectivity index (χ2v) is 3.64. The van der Waals surface area contributed by atoms with Crippen LogP contribution < -0.4 is 0 Å². The number of aromatic nitrogens is 2. The molecule has 1 aromatic heterocycles. The largest absolute Gasteiger partial charge is 0.461 e. The molecule has 0 radical (unpaired) electrons. The van der Waals surface area contributed by atoms with Gasteiger partial charge in [0.1, 0.15) is 5.69 Å². The van der Waals surface area contributed by atoms with Crippen LogP contribution in [0.1, 0.15) is 17.4 Å². The Bertz CT molecular complexity index is 602. The number of nitrogens with zero attached hydrogens (tertiary/aromatic N) is 1. The van der Waals surface area contributed by atoms with Crippen molar-refractivity contribution in [3.63, 3.8) is 0 Å². The highest BCUT2D eigenvalue weighted by Gasteiger charge is 2.15. The van der Waals surface area contributed by atoms with Crippen molar-refractivity contribution in [2.75, 3.05) is 6.61 Å². The van der Waals surface area contributed by atoms with E-state index in [4.69, 9.17) is 4.74 Å². The van der Waals surface area contributed by atoms with Gasteiger partial charge in [0.25, 0.3) is 0 Å². The third kappa shape index (κ3) is 2.59. The monoisotopic (exact) mass is 270 g/mol. The quantitative estimate of drug-likeness (QED) is 0.689. The third-order valence-electron chi connectivity index (χ3n) is 2.35. The molecular formula is C12H9F3N2O2. The zero-order chi connectivity index (χ0) is 14.0. The van der Waals surface area contributed by atoms with E-state index < -0.39 is 23.4 Å². The molecule has 0 aliphatic heterocycles. The van der Waals surface area contributed by atoms with Gasteiger partial charge in [-0.25, -0.2) is 18.0 Å². The fraction of sp³-hybridized carbons (Fsp3) is 0.167. The number of rotatable bonds is 3. The van der Waals surface area contributed by atoms with Crippen molar-refractivity contribution in [1.29, 1.82) is 0 Å². The van der Waals surface area contributed by atoms with Crippen molar-refractivity contribution in [1.82, 2.24) is 10.2 Å². The van der Waals surface area contributed by atoms with E-state index in [1.165, 1.54) is 6.07 Å². The topological polar surface area (TPSA) is 55.0 Å². The highest BCUT2D eigenvalue weighted by Crippen LogP contribution is 2.22. The Morgan fingerprint density at radius 2 is 1.89 bits per heavy atom. The van der Waals surface area contributed by atoms with Gasteiger partial charge < -0.3 is 4.74 Å². The number of nitrogens with one attached hydrogen (secondary N) is 1. The molecule has 0 aliphatic carbocycles. The first-order chi connectivity index (χ1) is 9.02. The number of H-pyrrole nitrogens is 1. The van der Waals surface area contributed by atoms with Gasteiger partial charge in [-0.3, -0.25) is 5.10 Å². The second kappa shape index (κ2) is 5.13. The summed E-state index contributed by atoms with van der Waals surface area (Å²) < 4.78 is 43.7. The van der Waals surface area contributed by atoms with E-state index >= 15 is 0 Å². The van der Waals surface area contributed by atoms with Crippen molar-refractivity contribution in [2.45, 2.75) is 6.92 Å². The Balaban J connectivity index is 2.35. The average Bonchev–Trinajstić information content (AvgIpc) is 2.85. The number of carbonyl (C=O) groups excluding carboxylic acids is 1. The van der Waals surface area contributed by atoms with Gasteiger partial charge in [-0.05, 0) is 25.1 Å². The fourth-order valence-corrected chi connectivity index (χ4v) is 1.49. The number of halogens is 3. The summed E-state index contributed by atoms with van der Waals surface area (Å²) in [5, 5.41) is 6.10. The summed E-state index contributed by atoms with van der Waals surface area (Å²) in [5.74, 6) is -4.83. The number of carbonyl (C=O) groups is 1. The molecule has 0 saturated heterocycles. The number of esters is 1. The minimum Gasteiger partial charge on any atom is -0.461 e. The molecule has 0 saturated carbocycles. The van der Waals surface area contributed by atoms with Crippen LogP contribution in [0.2, 0.25) is 0 Å². The highest BCUT2D eigenvalue weighted by molar-refractivity contribution is 5.88. The minimum atomic E-state index is -1.55. The number of hydrogen-bond acceptors (Lipinski definition) is 3. The summed E-state index contributed by atoms with van der Waals surface area (Å²) >= 11 is 0. The Morgan fingerprint density at radius 3 is 2.47 bits per heavy atom. The summed E-state index contributed by atoms with van der Waals surface area (Å²) in [6, 6.07) is 2.86. The summed E-state index contributed by atoms with van der Waals surface area (Å²) in [6.07, 6.45) is 0. The van der Waals surface area contributed by atoms with Gasteiger partial charge in [0.2, 0.25) is 0 Å². The predicted molar refractivity (Wildman–Crippen MR) is 59.9 cm³/mol. The smallest absolute Gasteiger partial charge is 0.356 e. The number of benzene rings is 1. The molecule has 0 spiro atoms. The van der Waals surface area contributed by atoms with Gasteiger partial charge in [-0.2, -0.15) is 5.10 Å². The lowest BCUT2D eigenvalue weighted by Crippen LogP contribution is -2.04. The number of aromatic amines is 1. The molecule has 19 heavy (non-hydrogen) atoms. The molecule has 0 aliphatic rings. The summed E-state index contributed by atoms with van der Waals surface area (Å²) in [4.78, 5) is 11.4. The van der Waals surface area contributed by atoms with Crippen LogP contribution in [0, 0.1) is 17.5 Å². The van der Waals surface area contributed by atoms with Crippen LogP contribution in [0.15, 0.2) is 18.2 Å². The lowest BCUT2D eigenvalue weighted by molar-refractivity contribution is 0.0519. The van der Waals surface area contributed by atoms with Gasteiger partial charge in [0, 0.05) is 5.56 Å². The summed E-state index contributed by atoms with van der Waals surface area (Å²) in [5.41, 5.74) is 0.172. The van der Waals surface area contributed by atoms with Crippen molar-refractivity contribution in [3.05, 3.63) is 41.3 Å². The standard InChI is InChI=1S/C12H9F3N2O2/c1-2-19-12(18)10-5-9(16-17-10)6-3-7(13)11(15)8(14)4-6/h3-5H,2H2,1H3,(H,16,17). The van der Waals surface area contributed by atoms with E-state index in [1.54, 1.807) is 6.92 Å². The molecule has 0 atom stereocenters. The van der Waals surface area contributed by atoms with E-state index in [9.17, 15) is 18.0 Å². The van der Waals surface area contributed by atoms with E-state index in [2.05, 4.69) is 10.2 Å². The van der Waals surface area contributed by atoms with Gasteiger partial charge in [0.15, 0.2) is 17.5 Å². The molecular weight excluding hydrogens is 261 g/mol. The Hall–Kier alpha value is -2.31. The zero-order valence-electron chi connectivity index (χ0n) is 9.84. The molecule has 100 valence electrons. The minimum absolute atomic E-state index is 0.0169. The van der Waals surface area contributed by atoms with Crippen LogP contribution in [0.4, 0.5) is 13.2 Å². The number of hydrogen-bond donors (Lipinski definition) is 1. The van der Waals surface area contributed by atoms with Gasteiger partial charge >= 0.3 is 5.97 Å². The van der Waals surface area contributed by atoms with Crippen molar-refractivity contribution in [3.8, 4) is 11.3 Å². The normalized spacial score (nSPS) is 10.5. The molecule has 0 fully saturated rings.